The van der Waals surface area contributed by atoms with Crippen LogP contribution in [0.2, 0.25) is 5.02 Å². The van der Waals surface area contributed by atoms with Crippen molar-refractivity contribution < 1.29 is 4.79 Å². The summed E-state index contributed by atoms with van der Waals surface area (Å²) in [5, 5.41) is 3.43. The van der Waals surface area contributed by atoms with Crippen LogP contribution in [0.15, 0.2) is 18.2 Å². The van der Waals surface area contributed by atoms with E-state index in [0.717, 1.165) is 11.3 Å². The van der Waals surface area contributed by atoms with Crippen molar-refractivity contribution in [3.8, 4) is 0 Å². The van der Waals surface area contributed by atoms with Gasteiger partial charge in [-0.25, -0.2) is 0 Å². The van der Waals surface area contributed by atoms with Crippen LogP contribution in [-0.2, 0) is 4.79 Å². The molecule has 1 unspecified atom stereocenters. The highest BCUT2D eigenvalue weighted by atomic mass is 35.5. The summed E-state index contributed by atoms with van der Waals surface area (Å²) in [5.74, 6) is -0.0876. The fourth-order valence-corrected chi connectivity index (χ4v) is 1.41. The zero-order valence-corrected chi connectivity index (χ0v) is 10.9. The second-order valence-corrected chi connectivity index (χ2v) is 4.05. The molecule has 3 nitrogen and oxygen atoms in total. The third kappa shape index (κ3) is 4.39. The van der Waals surface area contributed by atoms with Gasteiger partial charge >= 0.3 is 0 Å². The SMILES string of the molecule is Cc1c(Cl)cccc1NC(=O)CC(C)N.Cl. The van der Waals surface area contributed by atoms with Crippen LogP contribution >= 0.6 is 24.0 Å². The van der Waals surface area contributed by atoms with Crippen molar-refractivity contribution in [1.82, 2.24) is 0 Å². The average Bonchev–Trinajstić information content (AvgIpc) is 2.11. The quantitative estimate of drug-likeness (QED) is 0.880. The van der Waals surface area contributed by atoms with Gasteiger partial charge in [0.05, 0.1) is 0 Å². The highest BCUT2D eigenvalue weighted by molar-refractivity contribution is 6.31. The Balaban J connectivity index is 0.00000225. The molecule has 0 fully saturated rings. The summed E-state index contributed by atoms with van der Waals surface area (Å²) in [6.07, 6.45) is 0.311. The number of hydrogen-bond acceptors (Lipinski definition) is 2. The molecule has 5 heteroatoms. The molecular formula is C11H16Cl2N2O. The van der Waals surface area contributed by atoms with Gasteiger partial charge in [0.2, 0.25) is 5.91 Å². The summed E-state index contributed by atoms with van der Waals surface area (Å²) in [7, 11) is 0. The number of nitrogens with two attached hydrogens (primary N) is 1. The molecule has 0 saturated heterocycles. The lowest BCUT2D eigenvalue weighted by atomic mass is 10.2. The van der Waals surface area contributed by atoms with E-state index in [9.17, 15) is 4.79 Å². The maximum absolute atomic E-state index is 11.5. The standard InChI is InChI=1S/C11H15ClN2O.ClH/c1-7(13)6-11(15)14-10-5-3-4-9(12)8(10)2;/h3-5,7H,6,13H2,1-2H3,(H,14,15);1H. The zero-order valence-electron chi connectivity index (χ0n) is 9.29. The first kappa shape index (κ1) is 15.2. The lowest BCUT2D eigenvalue weighted by Crippen LogP contribution is -2.24. The minimum atomic E-state index is -0.135. The summed E-state index contributed by atoms with van der Waals surface area (Å²) in [4.78, 5) is 11.5. The van der Waals surface area contributed by atoms with Crippen molar-refractivity contribution in [3.63, 3.8) is 0 Å². The first-order valence-electron chi connectivity index (χ1n) is 4.81. The topological polar surface area (TPSA) is 55.1 Å². The van der Waals surface area contributed by atoms with E-state index in [-0.39, 0.29) is 24.4 Å². The van der Waals surface area contributed by atoms with Gasteiger partial charge in [-0.2, -0.15) is 0 Å². The second kappa shape index (κ2) is 6.74. The second-order valence-electron chi connectivity index (χ2n) is 3.64. The predicted molar refractivity (Wildman–Crippen MR) is 70.3 cm³/mol. The Morgan fingerprint density at radius 2 is 2.19 bits per heavy atom. The number of anilines is 1. The van der Waals surface area contributed by atoms with Crippen LogP contribution in [0.1, 0.15) is 18.9 Å². The summed E-state index contributed by atoms with van der Waals surface area (Å²) in [6.45, 7) is 3.66. The van der Waals surface area contributed by atoms with Gasteiger partial charge in [0.25, 0.3) is 0 Å². The molecule has 1 rings (SSSR count). The molecule has 0 aromatic heterocycles. The van der Waals surface area contributed by atoms with Crippen molar-refractivity contribution in [1.29, 1.82) is 0 Å². The molecule has 90 valence electrons. The summed E-state index contributed by atoms with van der Waals surface area (Å²) >= 11 is 5.93. The molecule has 1 aromatic rings. The maximum atomic E-state index is 11.5. The van der Waals surface area contributed by atoms with E-state index in [1.807, 2.05) is 13.0 Å². The third-order valence-corrected chi connectivity index (χ3v) is 2.46. The largest absolute Gasteiger partial charge is 0.327 e. The van der Waals surface area contributed by atoms with Crippen LogP contribution in [0.5, 0.6) is 0 Å². The molecule has 16 heavy (non-hydrogen) atoms. The van der Waals surface area contributed by atoms with E-state index in [2.05, 4.69) is 5.32 Å². The molecular weight excluding hydrogens is 247 g/mol. The number of benzene rings is 1. The van der Waals surface area contributed by atoms with E-state index in [1.165, 1.54) is 0 Å². The minimum Gasteiger partial charge on any atom is -0.327 e. The van der Waals surface area contributed by atoms with E-state index < -0.39 is 0 Å². The molecule has 0 aliphatic rings. The van der Waals surface area contributed by atoms with Gasteiger partial charge in [-0.05, 0) is 31.5 Å². The van der Waals surface area contributed by atoms with Crippen LogP contribution < -0.4 is 11.1 Å². The molecule has 1 aromatic carbocycles. The molecule has 0 aliphatic heterocycles. The van der Waals surface area contributed by atoms with Crippen molar-refractivity contribution in [3.05, 3.63) is 28.8 Å². The Bertz CT molecular complexity index is 367. The smallest absolute Gasteiger partial charge is 0.225 e. The van der Waals surface area contributed by atoms with Crippen LogP contribution in [-0.4, -0.2) is 11.9 Å². The Kier molecular flexibility index (Phi) is 6.41. The Labute approximate surface area is 107 Å². The van der Waals surface area contributed by atoms with Gasteiger partial charge in [0.15, 0.2) is 0 Å². The molecule has 0 heterocycles. The minimum absolute atomic E-state index is 0. The molecule has 3 N–H and O–H groups in total. The summed E-state index contributed by atoms with van der Waals surface area (Å²) in [6, 6.07) is 5.28. The van der Waals surface area contributed by atoms with Gasteiger partial charge in [-0.15, -0.1) is 12.4 Å². The molecule has 0 bridgehead atoms. The number of carbonyl (C=O) groups excluding carboxylic acids is 1. The third-order valence-electron chi connectivity index (χ3n) is 2.05. The number of carbonyl (C=O) groups is 1. The average molecular weight is 263 g/mol. The Morgan fingerprint density at radius 1 is 1.56 bits per heavy atom. The van der Waals surface area contributed by atoms with E-state index in [1.54, 1.807) is 19.1 Å². The number of hydrogen-bond donors (Lipinski definition) is 2. The molecule has 0 spiro atoms. The van der Waals surface area contributed by atoms with Gasteiger partial charge in [0, 0.05) is 23.2 Å². The number of nitrogens with one attached hydrogen (secondary N) is 1. The van der Waals surface area contributed by atoms with Gasteiger partial charge < -0.3 is 11.1 Å². The van der Waals surface area contributed by atoms with Crippen LogP contribution in [0.4, 0.5) is 5.69 Å². The molecule has 0 aliphatic carbocycles. The molecule has 1 amide bonds. The van der Waals surface area contributed by atoms with Crippen LogP contribution in [0.3, 0.4) is 0 Å². The lowest BCUT2D eigenvalue weighted by molar-refractivity contribution is -0.116. The number of rotatable bonds is 3. The van der Waals surface area contributed by atoms with Crippen molar-refractivity contribution in [2.24, 2.45) is 5.73 Å². The van der Waals surface area contributed by atoms with Crippen molar-refractivity contribution in [2.45, 2.75) is 26.3 Å². The summed E-state index contributed by atoms with van der Waals surface area (Å²) in [5.41, 5.74) is 7.14. The Hall–Kier alpha value is -0.770. The fraction of sp³-hybridized carbons (Fsp3) is 0.364. The summed E-state index contributed by atoms with van der Waals surface area (Å²) < 4.78 is 0. The number of amides is 1. The first-order valence-corrected chi connectivity index (χ1v) is 5.19. The van der Waals surface area contributed by atoms with Crippen LogP contribution in [0, 0.1) is 6.92 Å². The van der Waals surface area contributed by atoms with E-state index in [4.69, 9.17) is 17.3 Å². The molecule has 0 radical (unpaired) electrons. The highest BCUT2D eigenvalue weighted by Crippen LogP contribution is 2.22. The van der Waals surface area contributed by atoms with Gasteiger partial charge in [0.1, 0.15) is 0 Å². The molecule has 1 atom stereocenters. The van der Waals surface area contributed by atoms with Crippen molar-refractivity contribution in [2.75, 3.05) is 5.32 Å². The van der Waals surface area contributed by atoms with Crippen molar-refractivity contribution >= 4 is 35.6 Å². The predicted octanol–water partition coefficient (Wildman–Crippen LogP) is 2.75. The zero-order chi connectivity index (χ0) is 11.4. The van der Waals surface area contributed by atoms with Gasteiger partial charge in [-0.1, -0.05) is 17.7 Å². The lowest BCUT2D eigenvalue weighted by Gasteiger charge is -2.10. The fourth-order valence-electron chi connectivity index (χ4n) is 1.24. The Morgan fingerprint density at radius 3 is 2.75 bits per heavy atom. The normalized spacial score (nSPS) is 11.5. The maximum Gasteiger partial charge on any atom is 0.225 e. The van der Waals surface area contributed by atoms with E-state index >= 15 is 0 Å². The van der Waals surface area contributed by atoms with Crippen LogP contribution in [0.25, 0.3) is 0 Å². The van der Waals surface area contributed by atoms with E-state index in [0.29, 0.717) is 11.4 Å². The first-order chi connectivity index (χ1) is 7.00. The highest BCUT2D eigenvalue weighted by Gasteiger charge is 2.08. The monoisotopic (exact) mass is 262 g/mol. The molecule has 0 saturated carbocycles. The van der Waals surface area contributed by atoms with Gasteiger partial charge in [-0.3, -0.25) is 4.79 Å². The number of halogens is 2.